The van der Waals surface area contributed by atoms with Crippen LogP contribution in [0.25, 0.3) is 0 Å². The third-order valence-electron chi connectivity index (χ3n) is 4.26. The van der Waals surface area contributed by atoms with E-state index < -0.39 is 7.82 Å². The van der Waals surface area contributed by atoms with Crippen molar-refractivity contribution in [3.63, 3.8) is 0 Å². The molecule has 6 heteroatoms. The number of phosphoric ester groups is 1. The molecule has 0 spiro atoms. The fourth-order valence-electron chi connectivity index (χ4n) is 2.83. The molecule has 0 aromatic heterocycles. The van der Waals surface area contributed by atoms with Crippen LogP contribution in [0.1, 0.15) is 110 Å². The molecule has 0 aromatic carbocycles. The first-order chi connectivity index (χ1) is 11.1. The molecule has 0 aliphatic carbocycles. The van der Waals surface area contributed by atoms with Gasteiger partial charge in [0, 0.05) is 0 Å². The average molecular weight is 490 g/mol. The van der Waals surface area contributed by atoms with Gasteiger partial charge >= 0.3 is 56.7 Å². The van der Waals surface area contributed by atoms with Gasteiger partial charge in [0.2, 0.25) is 0 Å². The normalized spacial score (nSPS) is 11.5. The summed E-state index contributed by atoms with van der Waals surface area (Å²) in [6, 6.07) is 0. The maximum absolute atomic E-state index is 10.5. The molecule has 0 heterocycles. The zero-order valence-electron chi connectivity index (χ0n) is 15.2. The summed E-state index contributed by atoms with van der Waals surface area (Å²) in [4.78, 5) is 17.1. The second-order valence-electron chi connectivity index (χ2n) is 6.63. The van der Waals surface area contributed by atoms with Crippen molar-refractivity contribution in [1.82, 2.24) is 0 Å². The Morgan fingerprint density at radius 2 is 0.917 bits per heavy atom. The molecule has 0 unspecified atom stereocenters. The van der Waals surface area contributed by atoms with Crippen LogP contribution in [0.5, 0.6) is 0 Å². The SMILES string of the molecule is CCCCCCCCCCCCCCCCCCOP(=O)(O)O.[BaH2]. The standard InChI is InChI=1S/C18H39O4P.Ba.2H/c1-2-3-4-5-6-7-8-9-10-11-12-13-14-15-16-17-18-22-23(19,20)21;;;/h2-18H2,1H3,(H2,19,20,21);;;. The summed E-state index contributed by atoms with van der Waals surface area (Å²) in [7, 11) is -4.26. The van der Waals surface area contributed by atoms with E-state index in [-0.39, 0.29) is 55.5 Å². The quantitative estimate of drug-likeness (QED) is 0.153. The summed E-state index contributed by atoms with van der Waals surface area (Å²) in [6.07, 6.45) is 20.7. The molecule has 0 aliphatic heterocycles. The van der Waals surface area contributed by atoms with Gasteiger partial charge in [0.05, 0.1) is 6.61 Å². The van der Waals surface area contributed by atoms with E-state index in [4.69, 9.17) is 9.79 Å². The van der Waals surface area contributed by atoms with Crippen LogP contribution in [0.4, 0.5) is 0 Å². The van der Waals surface area contributed by atoms with Gasteiger partial charge < -0.3 is 9.79 Å². The molecular formula is C18H41BaO4P. The third kappa shape index (κ3) is 25.9. The molecule has 0 saturated heterocycles. The molecule has 0 radical (unpaired) electrons. The van der Waals surface area contributed by atoms with E-state index in [0.717, 1.165) is 19.3 Å². The molecular weight excluding hydrogens is 448 g/mol. The minimum absolute atomic E-state index is 0. The fraction of sp³-hybridized carbons (Fsp3) is 1.00. The van der Waals surface area contributed by atoms with Crippen molar-refractivity contribution < 1.29 is 18.9 Å². The molecule has 0 aliphatic rings. The van der Waals surface area contributed by atoms with E-state index in [1.165, 1.54) is 83.5 Å². The van der Waals surface area contributed by atoms with Crippen LogP contribution >= 0.6 is 7.82 Å². The van der Waals surface area contributed by atoms with E-state index in [2.05, 4.69) is 11.4 Å². The van der Waals surface area contributed by atoms with Gasteiger partial charge in [-0.2, -0.15) is 0 Å². The van der Waals surface area contributed by atoms with Crippen molar-refractivity contribution in [2.75, 3.05) is 6.61 Å². The second kappa shape index (κ2) is 21.0. The van der Waals surface area contributed by atoms with Gasteiger partial charge in [-0.25, -0.2) is 4.57 Å². The molecule has 0 atom stereocenters. The van der Waals surface area contributed by atoms with Crippen LogP contribution in [0.2, 0.25) is 0 Å². The third-order valence-corrected chi connectivity index (χ3v) is 4.78. The van der Waals surface area contributed by atoms with Gasteiger partial charge in [-0.3, -0.25) is 4.52 Å². The molecule has 144 valence electrons. The predicted molar refractivity (Wildman–Crippen MR) is 106 cm³/mol. The molecule has 24 heavy (non-hydrogen) atoms. The van der Waals surface area contributed by atoms with E-state index in [9.17, 15) is 4.57 Å². The maximum atomic E-state index is 10.5. The number of hydrogen-bond donors (Lipinski definition) is 2. The van der Waals surface area contributed by atoms with Crippen LogP contribution in [-0.4, -0.2) is 65.3 Å². The monoisotopic (exact) mass is 490 g/mol. The van der Waals surface area contributed by atoms with Gasteiger partial charge in [-0.1, -0.05) is 103 Å². The number of unbranched alkanes of at least 4 members (excludes halogenated alkanes) is 15. The molecule has 0 rings (SSSR count). The first kappa shape index (κ1) is 27.9. The molecule has 0 saturated carbocycles. The molecule has 0 bridgehead atoms. The van der Waals surface area contributed by atoms with E-state index in [1.54, 1.807) is 0 Å². The number of hydrogen-bond acceptors (Lipinski definition) is 2. The Labute approximate surface area is 190 Å². The minimum atomic E-state index is -4.26. The van der Waals surface area contributed by atoms with Gasteiger partial charge in [-0.05, 0) is 6.42 Å². The topological polar surface area (TPSA) is 66.8 Å². The van der Waals surface area contributed by atoms with Gasteiger partial charge in [0.25, 0.3) is 0 Å². The van der Waals surface area contributed by atoms with Gasteiger partial charge in [-0.15, -0.1) is 0 Å². The first-order valence-corrected chi connectivity index (χ1v) is 11.3. The summed E-state index contributed by atoms with van der Waals surface area (Å²) >= 11 is 0. The van der Waals surface area contributed by atoms with Gasteiger partial charge in [0.15, 0.2) is 0 Å². The summed E-state index contributed by atoms with van der Waals surface area (Å²) in [5.74, 6) is 0. The van der Waals surface area contributed by atoms with Crippen molar-refractivity contribution in [1.29, 1.82) is 0 Å². The van der Waals surface area contributed by atoms with Crippen molar-refractivity contribution in [2.45, 2.75) is 110 Å². The predicted octanol–water partition coefficient (Wildman–Crippen LogP) is 5.44. The van der Waals surface area contributed by atoms with Crippen LogP contribution in [0, 0.1) is 0 Å². The Morgan fingerprint density at radius 3 is 1.21 bits per heavy atom. The average Bonchev–Trinajstić information content (AvgIpc) is 2.49. The van der Waals surface area contributed by atoms with Crippen LogP contribution in [0.3, 0.4) is 0 Å². The van der Waals surface area contributed by atoms with Crippen LogP contribution in [0.15, 0.2) is 0 Å². The Morgan fingerprint density at radius 1 is 0.625 bits per heavy atom. The summed E-state index contributed by atoms with van der Waals surface area (Å²) in [5.41, 5.74) is 0. The van der Waals surface area contributed by atoms with Crippen molar-refractivity contribution >= 4 is 56.7 Å². The Balaban J connectivity index is 0. The van der Waals surface area contributed by atoms with Crippen LogP contribution < -0.4 is 0 Å². The number of rotatable bonds is 18. The summed E-state index contributed by atoms with van der Waals surface area (Å²) in [6.45, 7) is 2.43. The Kier molecular flexibility index (Phi) is 24.4. The van der Waals surface area contributed by atoms with Crippen molar-refractivity contribution in [2.24, 2.45) is 0 Å². The van der Waals surface area contributed by atoms with Crippen LogP contribution in [-0.2, 0) is 9.09 Å². The second-order valence-corrected chi connectivity index (χ2v) is 7.87. The zero-order valence-corrected chi connectivity index (χ0v) is 16.1. The van der Waals surface area contributed by atoms with E-state index >= 15 is 0 Å². The molecule has 0 aromatic rings. The molecule has 0 amide bonds. The van der Waals surface area contributed by atoms with Gasteiger partial charge in [0.1, 0.15) is 0 Å². The molecule has 4 nitrogen and oxygen atoms in total. The molecule has 0 fully saturated rings. The van der Waals surface area contributed by atoms with E-state index in [0.29, 0.717) is 0 Å². The number of phosphoric acid groups is 1. The summed E-state index contributed by atoms with van der Waals surface area (Å²) < 4.78 is 14.9. The zero-order chi connectivity index (χ0) is 17.2. The van der Waals surface area contributed by atoms with E-state index in [1.807, 2.05) is 0 Å². The molecule has 2 N–H and O–H groups in total. The Bertz CT molecular complexity index is 284. The van der Waals surface area contributed by atoms with Crippen molar-refractivity contribution in [3.05, 3.63) is 0 Å². The Hall–Kier alpha value is 1.68. The van der Waals surface area contributed by atoms with Crippen molar-refractivity contribution in [3.8, 4) is 0 Å². The fourth-order valence-corrected chi connectivity index (χ4v) is 3.20. The first-order valence-electron chi connectivity index (χ1n) is 9.76. The summed E-state index contributed by atoms with van der Waals surface area (Å²) in [5, 5.41) is 0.